The summed E-state index contributed by atoms with van der Waals surface area (Å²) < 4.78 is 26.8. The lowest BCUT2D eigenvalue weighted by molar-refractivity contribution is -0.120. The Hall–Kier alpha value is -1.22. The van der Waals surface area contributed by atoms with Gasteiger partial charge in [-0.15, -0.1) is 11.3 Å². The van der Waals surface area contributed by atoms with Gasteiger partial charge in [0.1, 0.15) is 4.21 Å². The number of carbonyl (C=O) groups excluding carboxylic acids is 1. The summed E-state index contributed by atoms with van der Waals surface area (Å²) in [7, 11) is -3.36. The van der Waals surface area contributed by atoms with Crippen molar-refractivity contribution in [3.63, 3.8) is 0 Å². The molecule has 0 radical (unpaired) electrons. The van der Waals surface area contributed by atoms with Crippen LogP contribution in [0.2, 0.25) is 0 Å². The second-order valence-corrected chi connectivity index (χ2v) is 9.53. The number of carbonyl (C=O) groups is 1. The fourth-order valence-electron chi connectivity index (χ4n) is 2.47. The van der Waals surface area contributed by atoms with Crippen LogP contribution < -0.4 is 5.32 Å². The Balaban J connectivity index is 1.58. The molecule has 0 unspecified atom stereocenters. The average molecular weight is 371 g/mol. The van der Waals surface area contributed by atoms with Gasteiger partial charge < -0.3 is 5.32 Å². The van der Waals surface area contributed by atoms with Crippen LogP contribution in [0.25, 0.3) is 0 Å². The molecule has 1 amide bonds. The molecule has 23 heavy (non-hydrogen) atoms. The van der Waals surface area contributed by atoms with Crippen LogP contribution in [0.1, 0.15) is 23.3 Å². The summed E-state index contributed by atoms with van der Waals surface area (Å²) in [6.45, 7) is 1.57. The van der Waals surface area contributed by atoms with Gasteiger partial charge in [0, 0.05) is 18.0 Å². The van der Waals surface area contributed by atoms with Crippen LogP contribution in [-0.2, 0) is 27.8 Å². The zero-order valence-corrected chi connectivity index (χ0v) is 15.0. The summed E-state index contributed by atoms with van der Waals surface area (Å²) in [4.78, 5) is 12.7. The largest absolute Gasteiger partial charge is 0.351 e. The molecule has 1 saturated heterocycles. The first-order chi connectivity index (χ1) is 11.1. The van der Waals surface area contributed by atoms with Crippen LogP contribution in [0, 0.1) is 0 Å². The molecule has 1 aliphatic rings. The molecule has 0 spiro atoms. The molecular formula is C15H18N2O3S3. The van der Waals surface area contributed by atoms with Crippen molar-refractivity contribution in [2.45, 2.75) is 30.0 Å². The smallest absolute Gasteiger partial charge is 0.252 e. The summed E-state index contributed by atoms with van der Waals surface area (Å²) >= 11 is 2.80. The van der Waals surface area contributed by atoms with E-state index in [1.54, 1.807) is 23.5 Å². The fraction of sp³-hybridized carbons (Fsp3) is 0.400. The first-order valence-electron chi connectivity index (χ1n) is 7.42. The number of hydrogen-bond acceptors (Lipinski definition) is 5. The summed E-state index contributed by atoms with van der Waals surface area (Å²) in [6, 6.07) is 5.34. The van der Waals surface area contributed by atoms with Crippen molar-refractivity contribution in [3.05, 3.63) is 39.4 Å². The van der Waals surface area contributed by atoms with E-state index in [1.165, 1.54) is 15.6 Å². The van der Waals surface area contributed by atoms with Crippen LogP contribution >= 0.6 is 22.7 Å². The third-order valence-electron chi connectivity index (χ3n) is 3.70. The fourth-order valence-corrected chi connectivity index (χ4v) is 6.11. The Bertz CT molecular complexity index is 760. The molecule has 1 N–H and O–H groups in total. The van der Waals surface area contributed by atoms with Gasteiger partial charge in [-0.25, -0.2) is 8.42 Å². The maximum absolute atomic E-state index is 12.4. The predicted molar refractivity (Wildman–Crippen MR) is 92.2 cm³/mol. The Morgan fingerprint density at radius 1 is 1.22 bits per heavy atom. The Labute approximate surface area is 144 Å². The number of amides is 1. The van der Waals surface area contributed by atoms with Crippen LogP contribution in [0.3, 0.4) is 0 Å². The van der Waals surface area contributed by atoms with Crippen LogP contribution in [-0.4, -0.2) is 31.7 Å². The number of nitrogens with one attached hydrogen (secondary N) is 1. The Morgan fingerprint density at radius 3 is 2.70 bits per heavy atom. The normalized spacial score (nSPS) is 15.8. The number of rotatable bonds is 6. The van der Waals surface area contributed by atoms with Crippen LogP contribution in [0.5, 0.6) is 0 Å². The summed E-state index contributed by atoms with van der Waals surface area (Å²) in [5.74, 6) is -0.0549. The van der Waals surface area contributed by atoms with Gasteiger partial charge in [-0.05, 0) is 47.4 Å². The van der Waals surface area contributed by atoms with E-state index >= 15 is 0 Å². The SMILES string of the molecule is O=C(Cc1ccsc1)NCc1ccc(S(=O)(=O)N2CCCC2)s1. The molecule has 124 valence electrons. The molecule has 3 heterocycles. The number of sulfonamides is 1. The highest BCUT2D eigenvalue weighted by molar-refractivity contribution is 7.91. The van der Waals surface area contributed by atoms with E-state index in [4.69, 9.17) is 0 Å². The summed E-state index contributed by atoms with van der Waals surface area (Å²) in [5, 5.41) is 6.73. The molecule has 0 saturated carbocycles. The first kappa shape index (κ1) is 16.6. The van der Waals surface area contributed by atoms with Crippen LogP contribution in [0.15, 0.2) is 33.2 Å². The zero-order chi connectivity index (χ0) is 16.3. The third-order valence-corrected chi connectivity index (χ3v) is 7.88. The van der Waals surface area contributed by atoms with Crippen molar-refractivity contribution >= 4 is 38.6 Å². The maximum Gasteiger partial charge on any atom is 0.252 e. The molecule has 0 bridgehead atoms. The van der Waals surface area contributed by atoms with Gasteiger partial charge in [0.25, 0.3) is 10.0 Å². The number of thiophene rings is 2. The quantitative estimate of drug-likeness (QED) is 0.849. The van der Waals surface area contributed by atoms with Gasteiger partial charge in [0.05, 0.1) is 13.0 Å². The third kappa shape index (κ3) is 4.00. The van der Waals surface area contributed by atoms with Gasteiger partial charge in [-0.1, -0.05) is 0 Å². The molecular weight excluding hydrogens is 352 g/mol. The van der Waals surface area contributed by atoms with E-state index in [0.717, 1.165) is 23.3 Å². The standard InChI is InChI=1S/C15H18N2O3S3/c18-14(9-12-5-8-21-11-12)16-10-13-3-4-15(22-13)23(19,20)17-6-1-2-7-17/h3-5,8,11H,1-2,6-7,9-10H2,(H,16,18). The molecule has 5 nitrogen and oxygen atoms in total. The number of nitrogens with zero attached hydrogens (tertiary/aromatic N) is 1. The molecule has 0 aromatic carbocycles. The lowest BCUT2D eigenvalue weighted by Gasteiger charge is -2.13. The second-order valence-electron chi connectivity index (χ2n) is 5.42. The highest BCUT2D eigenvalue weighted by Gasteiger charge is 2.28. The van der Waals surface area contributed by atoms with Crippen molar-refractivity contribution in [2.75, 3.05) is 13.1 Å². The van der Waals surface area contributed by atoms with Crippen molar-refractivity contribution < 1.29 is 13.2 Å². The van der Waals surface area contributed by atoms with E-state index in [9.17, 15) is 13.2 Å². The highest BCUT2D eigenvalue weighted by atomic mass is 32.2. The van der Waals surface area contributed by atoms with E-state index in [0.29, 0.717) is 30.3 Å². The first-order valence-corrected chi connectivity index (χ1v) is 10.6. The second kappa shape index (κ2) is 7.12. The van der Waals surface area contributed by atoms with Gasteiger partial charge in [-0.3, -0.25) is 4.79 Å². The minimum absolute atomic E-state index is 0.0549. The molecule has 0 atom stereocenters. The van der Waals surface area contributed by atoms with Gasteiger partial charge >= 0.3 is 0 Å². The minimum atomic E-state index is -3.36. The molecule has 1 aliphatic heterocycles. The topological polar surface area (TPSA) is 66.5 Å². The van der Waals surface area contributed by atoms with Gasteiger partial charge in [0.15, 0.2) is 0 Å². The lowest BCUT2D eigenvalue weighted by Crippen LogP contribution is -2.27. The minimum Gasteiger partial charge on any atom is -0.351 e. The lowest BCUT2D eigenvalue weighted by atomic mass is 10.2. The van der Waals surface area contributed by atoms with Crippen molar-refractivity contribution in [1.29, 1.82) is 0 Å². The molecule has 8 heteroatoms. The Morgan fingerprint density at radius 2 is 2.00 bits per heavy atom. The molecule has 2 aromatic heterocycles. The highest BCUT2D eigenvalue weighted by Crippen LogP contribution is 2.27. The Kier molecular flexibility index (Phi) is 5.15. The van der Waals surface area contributed by atoms with Crippen LogP contribution in [0.4, 0.5) is 0 Å². The number of hydrogen-bond donors (Lipinski definition) is 1. The van der Waals surface area contributed by atoms with E-state index in [-0.39, 0.29) is 5.91 Å². The van der Waals surface area contributed by atoms with Crippen molar-refractivity contribution in [3.8, 4) is 0 Å². The van der Waals surface area contributed by atoms with Gasteiger partial charge in [0.2, 0.25) is 5.91 Å². The van der Waals surface area contributed by atoms with E-state index in [2.05, 4.69) is 5.32 Å². The van der Waals surface area contributed by atoms with Crippen molar-refractivity contribution in [1.82, 2.24) is 9.62 Å². The average Bonchev–Trinajstić information content (AvgIpc) is 3.26. The van der Waals surface area contributed by atoms with E-state index in [1.807, 2.05) is 16.8 Å². The molecule has 3 rings (SSSR count). The zero-order valence-electron chi connectivity index (χ0n) is 12.5. The predicted octanol–water partition coefficient (Wildman–Crippen LogP) is 2.45. The van der Waals surface area contributed by atoms with E-state index < -0.39 is 10.0 Å². The molecule has 2 aromatic rings. The molecule has 0 aliphatic carbocycles. The van der Waals surface area contributed by atoms with Crippen molar-refractivity contribution in [2.24, 2.45) is 0 Å². The summed E-state index contributed by atoms with van der Waals surface area (Å²) in [6.07, 6.45) is 2.21. The maximum atomic E-state index is 12.4. The summed E-state index contributed by atoms with van der Waals surface area (Å²) in [5.41, 5.74) is 0.996. The monoisotopic (exact) mass is 370 g/mol. The van der Waals surface area contributed by atoms with Gasteiger partial charge in [-0.2, -0.15) is 15.6 Å². The molecule has 1 fully saturated rings.